The lowest BCUT2D eigenvalue weighted by Crippen LogP contribution is -2.40. The van der Waals surface area contributed by atoms with E-state index in [4.69, 9.17) is 4.74 Å². The Balaban J connectivity index is 1.29. The molecule has 0 spiro atoms. The van der Waals surface area contributed by atoms with Gasteiger partial charge in [-0.3, -0.25) is 4.79 Å². The summed E-state index contributed by atoms with van der Waals surface area (Å²) in [6.07, 6.45) is 1.74. The average molecular weight is 498 g/mol. The Morgan fingerprint density at radius 2 is 1.82 bits per heavy atom. The number of aromatic amines is 1. The summed E-state index contributed by atoms with van der Waals surface area (Å²) in [6.45, 7) is 1.51. The molecule has 4 aromatic rings. The van der Waals surface area contributed by atoms with Gasteiger partial charge in [0.05, 0.1) is 23.9 Å². The first-order valence-electron chi connectivity index (χ1n) is 10.7. The van der Waals surface area contributed by atoms with Crippen molar-refractivity contribution in [1.82, 2.24) is 24.1 Å². The quantitative estimate of drug-likeness (QED) is 0.309. The van der Waals surface area contributed by atoms with Crippen LogP contribution in [0, 0.1) is 0 Å². The van der Waals surface area contributed by atoms with Crippen LogP contribution in [-0.2, 0) is 21.8 Å². The number of carbonyl (C=O) groups is 1. The van der Waals surface area contributed by atoms with Gasteiger partial charge in [0, 0.05) is 48.4 Å². The number of aromatic nitrogens is 4. The number of rotatable bonds is 7. The van der Waals surface area contributed by atoms with Crippen molar-refractivity contribution >= 4 is 38.5 Å². The lowest BCUT2D eigenvalue weighted by molar-refractivity contribution is 0.0730. The van der Waals surface area contributed by atoms with Gasteiger partial charge in [0.2, 0.25) is 10.0 Å². The molecule has 0 bridgehead atoms. The van der Waals surface area contributed by atoms with Crippen LogP contribution in [0.3, 0.4) is 0 Å². The zero-order valence-electron chi connectivity index (χ0n) is 18.5. The number of morpholine rings is 1. The fraction of sp³-hybridized carbons (Fsp3) is 0.261. The van der Waals surface area contributed by atoms with Gasteiger partial charge in [0.25, 0.3) is 0 Å². The predicted octanol–water partition coefficient (Wildman–Crippen LogP) is 2.96. The van der Waals surface area contributed by atoms with E-state index < -0.39 is 10.0 Å². The molecule has 11 heteroatoms. The third-order valence-electron chi connectivity index (χ3n) is 5.78. The van der Waals surface area contributed by atoms with Crippen molar-refractivity contribution in [3.63, 3.8) is 0 Å². The molecule has 5 rings (SSSR count). The van der Waals surface area contributed by atoms with Crippen LogP contribution < -0.4 is 0 Å². The van der Waals surface area contributed by atoms with Gasteiger partial charge in [0.1, 0.15) is 0 Å². The summed E-state index contributed by atoms with van der Waals surface area (Å²) in [6, 6.07) is 14.3. The van der Waals surface area contributed by atoms with Crippen LogP contribution in [-0.4, -0.2) is 70.3 Å². The van der Waals surface area contributed by atoms with E-state index in [0.29, 0.717) is 42.8 Å². The monoisotopic (exact) mass is 497 g/mol. The molecule has 2 aromatic heterocycles. The number of H-pyrrole nitrogens is 1. The van der Waals surface area contributed by atoms with Gasteiger partial charge < -0.3 is 14.3 Å². The first kappa shape index (κ1) is 22.8. The standard InChI is InChI=1S/C23H23N5O4S2/c1-27-22(16-6-8-17(9-7-16)34(30,31)28-10-12-32-13-11-28)25-26-23(27)33-15-21(29)19-14-24-20-5-3-2-4-18(19)20/h2-9,14,24H,10-13,15H2,1H3. The van der Waals surface area contributed by atoms with E-state index in [9.17, 15) is 13.2 Å². The van der Waals surface area contributed by atoms with Gasteiger partial charge in [-0.15, -0.1) is 10.2 Å². The molecule has 0 atom stereocenters. The van der Waals surface area contributed by atoms with Crippen molar-refractivity contribution in [2.24, 2.45) is 7.05 Å². The van der Waals surface area contributed by atoms with E-state index in [1.165, 1.54) is 16.1 Å². The van der Waals surface area contributed by atoms with Crippen LogP contribution in [0.5, 0.6) is 0 Å². The van der Waals surface area contributed by atoms with Crippen molar-refractivity contribution in [2.45, 2.75) is 10.1 Å². The number of nitrogens with zero attached hydrogens (tertiary/aromatic N) is 4. The Kier molecular flexibility index (Phi) is 6.26. The zero-order chi connectivity index (χ0) is 23.7. The van der Waals surface area contributed by atoms with E-state index in [0.717, 1.165) is 16.5 Å². The Morgan fingerprint density at radius 1 is 1.09 bits per heavy atom. The number of thioether (sulfide) groups is 1. The summed E-state index contributed by atoms with van der Waals surface area (Å²) in [5.74, 6) is 0.826. The molecule has 2 aromatic carbocycles. The Morgan fingerprint density at radius 3 is 2.59 bits per heavy atom. The summed E-state index contributed by atoms with van der Waals surface area (Å²) in [5, 5.41) is 9.99. The normalized spacial score (nSPS) is 15.1. The van der Waals surface area contributed by atoms with Crippen LogP contribution in [0.15, 0.2) is 64.8 Å². The Labute approximate surface area is 201 Å². The number of hydrogen-bond acceptors (Lipinski definition) is 7. The molecule has 1 fully saturated rings. The summed E-state index contributed by atoms with van der Waals surface area (Å²) >= 11 is 1.32. The van der Waals surface area contributed by atoms with Gasteiger partial charge in [-0.2, -0.15) is 4.31 Å². The molecule has 0 unspecified atom stereocenters. The summed E-state index contributed by atoms with van der Waals surface area (Å²) in [5.41, 5.74) is 2.32. The number of ether oxygens (including phenoxy) is 1. The molecule has 0 aliphatic carbocycles. The third kappa shape index (κ3) is 4.27. The lowest BCUT2D eigenvalue weighted by atomic mass is 10.1. The highest BCUT2D eigenvalue weighted by atomic mass is 32.2. The number of nitrogens with one attached hydrogen (secondary N) is 1. The number of hydrogen-bond donors (Lipinski definition) is 1. The molecule has 1 N–H and O–H groups in total. The molecule has 0 saturated carbocycles. The van der Waals surface area contributed by atoms with Crippen LogP contribution in [0.2, 0.25) is 0 Å². The van der Waals surface area contributed by atoms with E-state index in [1.54, 1.807) is 35.0 Å². The molecule has 0 amide bonds. The number of para-hydroxylation sites is 1. The molecule has 176 valence electrons. The minimum Gasteiger partial charge on any atom is -0.379 e. The second-order valence-electron chi connectivity index (χ2n) is 7.87. The van der Waals surface area contributed by atoms with Crippen molar-refractivity contribution in [2.75, 3.05) is 32.1 Å². The Hall–Kier alpha value is -2.99. The van der Waals surface area contributed by atoms with Gasteiger partial charge in [-0.25, -0.2) is 8.42 Å². The van der Waals surface area contributed by atoms with Gasteiger partial charge in [0.15, 0.2) is 16.8 Å². The fourth-order valence-corrected chi connectivity index (χ4v) is 6.12. The number of ketones is 1. The van der Waals surface area contributed by atoms with Crippen LogP contribution in [0.4, 0.5) is 0 Å². The first-order valence-corrected chi connectivity index (χ1v) is 13.2. The van der Waals surface area contributed by atoms with E-state index in [-0.39, 0.29) is 16.4 Å². The number of benzene rings is 2. The molecular weight excluding hydrogens is 474 g/mol. The van der Waals surface area contributed by atoms with Crippen LogP contribution in [0.25, 0.3) is 22.3 Å². The van der Waals surface area contributed by atoms with Crippen molar-refractivity contribution in [1.29, 1.82) is 0 Å². The van der Waals surface area contributed by atoms with E-state index >= 15 is 0 Å². The smallest absolute Gasteiger partial charge is 0.243 e. The maximum atomic E-state index is 12.8. The molecule has 3 heterocycles. The van der Waals surface area contributed by atoms with Crippen molar-refractivity contribution in [3.05, 3.63) is 60.3 Å². The summed E-state index contributed by atoms with van der Waals surface area (Å²) < 4.78 is 34.2. The summed E-state index contributed by atoms with van der Waals surface area (Å²) in [7, 11) is -1.73. The highest BCUT2D eigenvalue weighted by Gasteiger charge is 2.26. The van der Waals surface area contributed by atoms with E-state index in [1.807, 2.05) is 31.3 Å². The largest absolute Gasteiger partial charge is 0.379 e. The number of carbonyl (C=O) groups excluding carboxylic acids is 1. The summed E-state index contributed by atoms with van der Waals surface area (Å²) in [4.78, 5) is 16.1. The maximum Gasteiger partial charge on any atom is 0.243 e. The van der Waals surface area contributed by atoms with E-state index in [2.05, 4.69) is 15.2 Å². The molecule has 1 saturated heterocycles. The van der Waals surface area contributed by atoms with Crippen molar-refractivity contribution in [3.8, 4) is 11.4 Å². The SMILES string of the molecule is Cn1c(SCC(=O)c2c[nH]c3ccccc23)nnc1-c1ccc(S(=O)(=O)N2CCOCC2)cc1. The van der Waals surface area contributed by atoms with Gasteiger partial charge in [-0.05, 0) is 30.3 Å². The van der Waals surface area contributed by atoms with Gasteiger partial charge in [-0.1, -0.05) is 30.0 Å². The second-order valence-corrected chi connectivity index (χ2v) is 10.7. The topological polar surface area (TPSA) is 110 Å². The molecule has 1 aliphatic heterocycles. The highest BCUT2D eigenvalue weighted by molar-refractivity contribution is 7.99. The minimum absolute atomic E-state index is 0.00433. The number of fused-ring (bicyclic) bond motifs is 1. The molecule has 34 heavy (non-hydrogen) atoms. The zero-order valence-corrected chi connectivity index (χ0v) is 20.1. The second kappa shape index (κ2) is 9.34. The minimum atomic E-state index is -3.55. The van der Waals surface area contributed by atoms with Crippen LogP contribution in [0.1, 0.15) is 10.4 Å². The van der Waals surface area contributed by atoms with Crippen molar-refractivity contribution < 1.29 is 17.9 Å². The number of Topliss-reactive ketones (excluding diaryl/α,β-unsaturated/α-hetero) is 1. The Bertz CT molecular complexity index is 1440. The highest BCUT2D eigenvalue weighted by Crippen LogP contribution is 2.26. The predicted molar refractivity (Wildman–Crippen MR) is 129 cm³/mol. The molecule has 0 radical (unpaired) electrons. The number of sulfonamides is 1. The average Bonchev–Trinajstić information content (AvgIpc) is 3.47. The van der Waals surface area contributed by atoms with Crippen LogP contribution >= 0.6 is 11.8 Å². The molecule has 9 nitrogen and oxygen atoms in total. The molecule has 1 aliphatic rings. The fourth-order valence-electron chi connectivity index (χ4n) is 3.91. The first-order chi connectivity index (χ1) is 16.4. The maximum absolute atomic E-state index is 12.8. The lowest BCUT2D eigenvalue weighted by Gasteiger charge is -2.26. The molecular formula is C23H23N5O4S2. The van der Waals surface area contributed by atoms with Gasteiger partial charge >= 0.3 is 0 Å². The third-order valence-corrected chi connectivity index (χ3v) is 8.71.